The van der Waals surface area contributed by atoms with E-state index in [1.807, 2.05) is 25.1 Å². The zero-order chi connectivity index (χ0) is 12.2. The molecule has 0 atom stereocenters. The number of amides is 1. The number of hydrogen-bond acceptors (Lipinski definition) is 2. The predicted octanol–water partition coefficient (Wildman–Crippen LogP) is 3.60. The summed E-state index contributed by atoms with van der Waals surface area (Å²) in [5, 5.41) is 2.62. The third-order valence-corrected chi connectivity index (χ3v) is 1.47. The molecule has 16 heavy (non-hydrogen) atoms. The summed E-state index contributed by atoms with van der Waals surface area (Å²) in [6.07, 6.45) is 1.76. The number of ether oxygens (including phenoxy) is 1. The number of nitrogens with one attached hydrogen (secondary N) is 1. The molecule has 0 fully saturated rings. The molecule has 0 aliphatic heterocycles. The van der Waals surface area contributed by atoms with Gasteiger partial charge in [0.05, 0.1) is 0 Å². The normalized spacial score (nSPS) is 8.69. The molecular weight excluding hydrogens is 202 g/mol. The van der Waals surface area contributed by atoms with Crippen LogP contribution in [0.25, 0.3) is 0 Å². The van der Waals surface area contributed by atoms with E-state index in [4.69, 9.17) is 4.74 Å². The fourth-order valence-corrected chi connectivity index (χ4v) is 0.859. The molecule has 0 heterocycles. The van der Waals surface area contributed by atoms with Gasteiger partial charge >= 0.3 is 6.09 Å². The largest absolute Gasteiger partial charge is 0.412 e. The SMILES string of the molecule is CCC.CCCNC(=O)Oc1ccccc1. The lowest BCUT2D eigenvalue weighted by molar-refractivity contribution is 0.200. The molecule has 0 bridgehead atoms. The first-order valence-corrected chi connectivity index (χ1v) is 5.75. The molecule has 0 saturated heterocycles. The van der Waals surface area contributed by atoms with Crippen molar-refractivity contribution in [2.24, 2.45) is 0 Å². The van der Waals surface area contributed by atoms with Crippen LogP contribution in [0.15, 0.2) is 30.3 Å². The number of hydrogen-bond donors (Lipinski definition) is 1. The number of rotatable bonds is 3. The first-order valence-electron chi connectivity index (χ1n) is 5.75. The van der Waals surface area contributed by atoms with Gasteiger partial charge in [0.2, 0.25) is 0 Å². The van der Waals surface area contributed by atoms with Gasteiger partial charge in [0.1, 0.15) is 5.75 Å². The lowest BCUT2D eigenvalue weighted by Crippen LogP contribution is -2.27. The third-order valence-electron chi connectivity index (χ3n) is 1.47. The van der Waals surface area contributed by atoms with E-state index >= 15 is 0 Å². The summed E-state index contributed by atoms with van der Waals surface area (Å²) in [4.78, 5) is 11.0. The first-order chi connectivity index (χ1) is 7.74. The molecule has 0 aliphatic carbocycles. The van der Waals surface area contributed by atoms with E-state index in [0.717, 1.165) is 6.42 Å². The molecule has 0 aromatic heterocycles. The Labute approximate surface area is 97.8 Å². The average molecular weight is 223 g/mol. The van der Waals surface area contributed by atoms with Crippen LogP contribution in [0, 0.1) is 0 Å². The smallest absolute Gasteiger partial charge is 0.410 e. The molecule has 1 aromatic carbocycles. The minimum absolute atomic E-state index is 0.395. The maximum atomic E-state index is 11.0. The van der Waals surface area contributed by atoms with E-state index in [1.165, 1.54) is 6.42 Å². The average Bonchev–Trinajstić information content (AvgIpc) is 2.29. The highest BCUT2D eigenvalue weighted by atomic mass is 16.5. The summed E-state index contributed by atoms with van der Waals surface area (Å²) in [6, 6.07) is 9.00. The summed E-state index contributed by atoms with van der Waals surface area (Å²) in [6.45, 7) is 6.88. The first kappa shape index (κ1) is 14.5. The predicted molar refractivity (Wildman–Crippen MR) is 66.7 cm³/mol. The molecule has 1 N–H and O–H groups in total. The van der Waals surface area contributed by atoms with Gasteiger partial charge in [-0.15, -0.1) is 0 Å². The number of carbonyl (C=O) groups excluding carboxylic acids is 1. The summed E-state index contributed by atoms with van der Waals surface area (Å²) >= 11 is 0. The van der Waals surface area contributed by atoms with E-state index < -0.39 is 6.09 Å². The number of benzene rings is 1. The van der Waals surface area contributed by atoms with Crippen molar-refractivity contribution in [1.82, 2.24) is 5.32 Å². The van der Waals surface area contributed by atoms with Crippen LogP contribution >= 0.6 is 0 Å². The molecular formula is C13H21NO2. The fraction of sp³-hybridized carbons (Fsp3) is 0.462. The van der Waals surface area contributed by atoms with Crippen molar-refractivity contribution in [3.8, 4) is 5.75 Å². The van der Waals surface area contributed by atoms with Gasteiger partial charge in [0.25, 0.3) is 0 Å². The zero-order valence-electron chi connectivity index (χ0n) is 10.3. The highest BCUT2D eigenvalue weighted by Gasteiger charge is 2.00. The molecule has 1 aromatic rings. The van der Waals surface area contributed by atoms with E-state index in [-0.39, 0.29) is 0 Å². The second-order valence-electron chi connectivity index (χ2n) is 3.34. The minimum Gasteiger partial charge on any atom is -0.410 e. The van der Waals surface area contributed by atoms with Crippen LogP contribution in [-0.4, -0.2) is 12.6 Å². The van der Waals surface area contributed by atoms with Gasteiger partial charge in [-0.05, 0) is 18.6 Å². The van der Waals surface area contributed by atoms with Gasteiger partial charge in [0.15, 0.2) is 0 Å². The van der Waals surface area contributed by atoms with Gasteiger partial charge in [0, 0.05) is 6.54 Å². The van der Waals surface area contributed by atoms with Crippen LogP contribution in [-0.2, 0) is 0 Å². The second kappa shape index (κ2) is 10.0. The maximum Gasteiger partial charge on any atom is 0.412 e. The lowest BCUT2D eigenvalue weighted by atomic mass is 10.3. The van der Waals surface area contributed by atoms with Crippen LogP contribution in [0.5, 0.6) is 5.75 Å². The lowest BCUT2D eigenvalue weighted by Gasteiger charge is -2.04. The van der Waals surface area contributed by atoms with Crippen LogP contribution < -0.4 is 10.1 Å². The van der Waals surface area contributed by atoms with Gasteiger partial charge in [-0.1, -0.05) is 45.4 Å². The van der Waals surface area contributed by atoms with Crippen LogP contribution in [0.1, 0.15) is 33.6 Å². The van der Waals surface area contributed by atoms with Crippen molar-refractivity contribution in [2.75, 3.05) is 6.54 Å². The Balaban J connectivity index is 0.000000673. The van der Waals surface area contributed by atoms with Gasteiger partial charge in [-0.25, -0.2) is 4.79 Å². The quantitative estimate of drug-likeness (QED) is 0.850. The van der Waals surface area contributed by atoms with E-state index in [2.05, 4.69) is 19.2 Å². The Morgan fingerprint density at radius 2 is 1.75 bits per heavy atom. The minimum atomic E-state index is -0.395. The van der Waals surface area contributed by atoms with Crippen molar-refractivity contribution >= 4 is 6.09 Å². The topological polar surface area (TPSA) is 38.3 Å². The maximum absolute atomic E-state index is 11.0. The van der Waals surface area contributed by atoms with Crippen molar-refractivity contribution in [1.29, 1.82) is 0 Å². The molecule has 0 spiro atoms. The van der Waals surface area contributed by atoms with Crippen molar-refractivity contribution in [2.45, 2.75) is 33.6 Å². The Bertz CT molecular complexity index is 273. The highest BCUT2D eigenvalue weighted by Crippen LogP contribution is 2.07. The Hall–Kier alpha value is -1.51. The molecule has 0 radical (unpaired) electrons. The summed E-state index contributed by atoms with van der Waals surface area (Å²) in [5.41, 5.74) is 0. The molecule has 3 heteroatoms. The number of carbonyl (C=O) groups is 1. The van der Waals surface area contributed by atoms with Crippen molar-refractivity contribution in [3.63, 3.8) is 0 Å². The molecule has 3 nitrogen and oxygen atoms in total. The molecule has 0 unspecified atom stereocenters. The third kappa shape index (κ3) is 7.85. The van der Waals surface area contributed by atoms with E-state index in [1.54, 1.807) is 12.1 Å². The standard InChI is InChI=1S/C10H13NO2.C3H8/c1-2-8-11-10(12)13-9-6-4-3-5-7-9;1-3-2/h3-7H,2,8H2,1H3,(H,11,12);3H2,1-2H3. The van der Waals surface area contributed by atoms with Gasteiger partial charge in [-0.3, -0.25) is 0 Å². The van der Waals surface area contributed by atoms with E-state index in [9.17, 15) is 4.79 Å². The van der Waals surface area contributed by atoms with Crippen LogP contribution in [0.4, 0.5) is 4.79 Å². The molecule has 90 valence electrons. The highest BCUT2D eigenvalue weighted by molar-refractivity contribution is 5.70. The molecule has 0 saturated carbocycles. The van der Waals surface area contributed by atoms with Gasteiger partial charge in [-0.2, -0.15) is 0 Å². The fourth-order valence-electron chi connectivity index (χ4n) is 0.859. The summed E-state index contributed by atoms with van der Waals surface area (Å²) in [7, 11) is 0. The van der Waals surface area contributed by atoms with Crippen molar-refractivity contribution in [3.05, 3.63) is 30.3 Å². The van der Waals surface area contributed by atoms with Crippen molar-refractivity contribution < 1.29 is 9.53 Å². The Kier molecular flexibility index (Phi) is 9.08. The Morgan fingerprint density at radius 3 is 2.25 bits per heavy atom. The number of para-hydroxylation sites is 1. The Morgan fingerprint density at radius 1 is 1.19 bits per heavy atom. The molecule has 1 rings (SSSR count). The monoisotopic (exact) mass is 223 g/mol. The van der Waals surface area contributed by atoms with E-state index in [0.29, 0.717) is 12.3 Å². The van der Waals surface area contributed by atoms with Crippen LogP contribution in [0.2, 0.25) is 0 Å². The molecule has 0 aliphatic rings. The second-order valence-corrected chi connectivity index (χ2v) is 3.34. The van der Waals surface area contributed by atoms with Crippen LogP contribution in [0.3, 0.4) is 0 Å². The summed E-state index contributed by atoms with van der Waals surface area (Å²) < 4.78 is 4.97. The zero-order valence-corrected chi connectivity index (χ0v) is 10.3. The van der Waals surface area contributed by atoms with Gasteiger partial charge < -0.3 is 10.1 Å². The molecule has 1 amide bonds. The summed E-state index contributed by atoms with van der Waals surface area (Å²) in [5.74, 6) is 0.566.